The first-order chi connectivity index (χ1) is 27.3. The molecule has 12 heteroatoms. The minimum Gasteiger partial charge on any atom is -0.462 e. The van der Waals surface area contributed by atoms with Gasteiger partial charge in [-0.1, -0.05) is 76.1 Å². The molecule has 7 rings (SSSR count). The minimum atomic E-state index is -1.80. The molecule has 57 heavy (non-hydrogen) atoms. The predicted molar refractivity (Wildman–Crippen MR) is 211 cm³/mol. The van der Waals surface area contributed by atoms with Gasteiger partial charge in [0.1, 0.15) is 35.9 Å². The molecule has 0 saturated carbocycles. The quantitative estimate of drug-likeness (QED) is 0.259. The van der Waals surface area contributed by atoms with Gasteiger partial charge in [-0.05, 0) is 56.3 Å². The maximum absolute atomic E-state index is 14.3. The van der Waals surface area contributed by atoms with Gasteiger partial charge in [0.15, 0.2) is 12.1 Å². The van der Waals surface area contributed by atoms with Crippen LogP contribution in [-0.2, 0) is 47.4 Å². The van der Waals surface area contributed by atoms with Gasteiger partial charge in [0.05, 0.1) is 56.9 Å². The summed E-state index contributed by atoms with van der Waals surface area (Å²) < 4.78 is 57.0. The van der Waals surface area contributed by atoms with E-state index in [2.05, 4.69) is 52.8 Å². The number of hydrogen-bond donors (Lipinski definition) is 2. The summed E-state index contributed by atoms with van der Waals surface area (Å²) >= 11 is 0. The molecule has 2 bridgehead atoms. The lowest BCUT2D eigenvalue weighted by Crippen LogP contribution is -2.58. The van der Waals surface area contributed by atoms with Crippen molar-refractivity contribution in [2.45, 2.75) is 153 Å². The number of allylic oxidation sites excluding steroid dienone is 3. The van der Waals surface area contributed by atoms with Crippen molar-refractivity contribution in [1.82, 2.24) is 0 Å². The smallest absolute Gasteiger partial charge is 0.316 e. The molecule has 0 aromatic heterocycles. The van der Waals surface area contributed by atoms with Crippen LogP contribution in [0.5, 0.6) is 0 Å². The van der Waals surface area contributed by atoms with Crippen molar-refractivity contribution < 1.29 is 57.6 Å². The molecule has 1 spiro atoms. The number of ether oxygens (including phenoxy) is 9. The Morgan fingerprint density at radius 3 is 2.56 bits per heavy atom. The van der Waals surface area contributed by atoms with Gasteiger partial charge in [0, 0.05) is 38.2 Å². The third-order valence-corrected chi connectivity index (χ3v) is 13.7. The van der Waals surface area contributed by atoms with E-state index in [0.717, 1.165) is 12.0 Å². The molecule has 6 heterocycles. The number of methoxy groups -OCH3 is 1. The maximum atomic E-state index is 14.3. The zero-order valence-corrected chi connectivity index (χ0v) is 35.0. The highest BCUT2D eigenvalue weighted by molar-refractivity contribution is 5.78. The Labute approximate surface area is 338 Å². The number of carbonyl (C=O) groups is 1. The average molecular weight is 799 g/mol. The second kappa shape index (κ2) is 17.8. The summed E-state index contributed by atoms with van der Waals surface area (Å²) in [7, 11) is 1.72. The van der Waals surface area contributed by atoms with Crippen molar-refractivity contribution in [2.75, 3.05) is 33.5 Å². The van der Waals surface area contributed by atoms with Crippen molar-refractivity contribution in [2.24, 2.45) is 29.6 Å². The Balaban J connectivity index is 1.24. The van der Waals surface area contributed by atoms with Gasteiger partial charge >= 0.3 is 5.97 Å². The van der Waals surface area contributed by atoms with Crippen LogP contribution >= 0.6 is 0 Å². The Morgan fingerprint density at radius 2 is 1.82 bits per heavy atom. The minimum absolute atomic E-state index is 0.0189. The SMILES string of the molecule is CCC(C)[C@H]1O[C@]2(C=C[C@@H]1C)C[C@@H]1C[C@@H](C/C=C(\C)[C@@H](C3C[C@H](OC)[C@@H](OC4COCCO4)[C@H](C)O3)[C@@H](C)/C=C/C=C3\CO[C@@H]4[C@H](O)C(C)=C[C@@H](C(=O)O1)[C@]34O)O2. The zero-order chi connectivity index (χ0) is 40.6. The summed E-state index contributed by atoms with van der Waals surface area (Å²) in [4.78, 5) is 14.3. The van der Waals surface area contributed by atoms with Crippen LogP contribution in [0.15, 0.2) is 59.3 Å². The monoisotopic (exact) mass is 798 g/mol. The third kappa shape index (κ3) is 8.69. The highest BCUT2D eigenvalue weighted by Crippen LogP contribution is 2.47. The number of esters is 1. The molecule has 0 aromatic carbocycles. The predicted octanol–water partition coefficient (Wildman–Crippen LogP) is 5.51. The van der Waals surface area contributed by atoms with Gasteiger partial charge in [0.25, 0.3) is 0 Å². The molecule has 1 aliphatic carbocycles. The van der Waals surface area contributed by atoms with E-state index in [0.29, 0.717) is 56.7 Å². The Morgan fingerprint density at radius 1 is 1.02 bits per heavy atom. The molecule has 0 amide bonds. The first kappa shape index (κ1) is 42.9. The number of hydrogen-bond acceptors (Lipinski definition) is 12. The van der Waals surface area contributed by atoms with E-state index in [-0.39, 0.29) is 66.9 Å². The van der Waals surface area contributed by atoms with Crippen LogP contribution in [0, 0.1) is 29.6 Å². The van der Waals surface area contributed by atoms with Crippen molar-refractivity contribution >= 4 is 5.97 Å². The topological polar surface area (TPSA) is 141 Å². The first-order valence-corrected chi connectivity index (χ1v) is 21.3. The fourth-order valence-corrected chi connectivity index (χ4v) is 10.3. The second-order valence-electron chi connectivity index (χ2n) is 17.6. The fraction of sp³-hybridized carbons (Fsp3) is 0.756. The zero-order valence-electron chi connectivity index (χ0n) is 35.0. The molecule has 17 atom stereocenters. The molecule has 0 aromatic rings. The van der Waals surface area contributed by atoms with Gasteiger partial charge in [-0.2, -0.15) is 0 Å². The van der Waals surface area contributed by atoms with Crippen LogP contribution in [0.4, 0.5) is 0 Å². The molecule has 318 valence electrons. The number of aliphatic hydroxyl groups excluding tert-OH is 1. The van der Waals surface area contributed by atoms with E-state index in [4.69, 9.17) is 42.6 Å². The van der Waals surface area contributed by atoms with E-state index < -0.39 is 47.9 Å². The standard InChI is InChI=1S/C45H66O12/c1-9-25(2)40-28(5)15-16-44(57-40)22-33-20-32(56-44)14-13-27(4)38(35-21-36(49-8)41(30(7)53-35)55-37-24-50-17-18-51-37)26(3)11-10-12-31-23-52-42-39(46)29(6)19-34(43(47)54-33)45(31,42)48/h10-13,15-16,19,25-26,28,30,32-42,46,48H,9,14,17-18,20-24H2,1-8H3/b11-10+,27-13+,31-12+/t25?,26-,28-,30-,32+,33-,34-,35?,36-,37?,38-,39+,40+,41-,42+,44+,45+/m0/s1. The molecule has 7 aliphatic rings. The summed E-state index contributed by atoms with van der Waals surface area (Å²) in [5, 5.41) is 23.7. The lowest BCUT2D eigenvalue weighted by atomic mass is 9.71. The van der Waals surface area contributed by atoms with Crippen molar-refractivity contribution in [3.8, 4) is 0 Å². The first-order valence-electron chi connectivity index (χ1n) is 21.3. The van der Waals surface area contributed by atoms with Crippen LogP contribution in [0.25, 0.3) is 0 Å². The third-order valence-electron chi connectivity index (χ3n) is 13.7. The molecule has 4 fully saturated rings. The molecular formula is C45H66O12. The van der Waals surface area contributed by atoms with Gasteiger partial charge in [-0.15, -0.1) is 0 Å². The number of aliphatic hydroxyl groups is 2. The summed E-state index contributed by atoms with van der Waals surface area (Å²) in [6, 6.07) is 0. The van der Waals surface area contributed by atoms with Crippen molar-refractivity contribution in [3.05, 3.63) is 59.3 Å². The van der Waals surface area contributed by atoms with Gasteiger partial charge in [-0.3, -0.25) is 4.79 Å². The molecule has 4 saturated heterocycles. The van der Waals surface area contributed by atoms with Gasteiger partial charge in [-0.25, -0.2) is 0 Å². The summed E-state index contributed by atoms with van der Waals surface area (Å²) in [5.74, 6) is -2.31. The van der Waals surface area contributed by atoms with Crippen LogP contribution < -0.4 is 0 Å². The summed E-state index contributed by atoms with van der Waals surface area (Å²) in [5.41, 5.74) is 0.414. The highest BCUT2D eigenvalue weighted by Gasteiger charge is 2.60. The highest BCUT2D eigenvalue weighted by atomic mass is 16.7. The molecule has 2 N–H and O–H groups in total. The lowest BCUT2D eigenvalue weighted by molar-refractivity contribution is -0.300. The maximum Gasteiger partial charge on any atom is 0.316 e. The molecule has 0 radical (unpaired) electrons. The normalized spacial score (nSPS) is 48.5. The van der Waals surface area contributed by atoms with E-state index in [1.807, 2.05) is 25.2 Å². The average Bonchev–Trinajstić information content (AvgIpc) is 3.53. The van der Waals surface area contributed by atoms with Gasteiger partial charge in [0.2, 0.25) is 0 Å². The van der Waals surface area contributed by atoms with Crippen molar-refractivity contribution in [1.29, 1.82) is 0 Å². The summed E-state index contributed by atoms with van der Waals surface area (Å²) in [6.45, 7) is 16.1. The lowest BCUT2D eigenvalue weighted by Gasteiger charge is -2.48. The molecule has 3 unspecified atom stereocenters. The molecular weight excluding hydrogens is 732 g/mol. The Hall–Kier alpha value is -2.23. The number of carbonyl (C=O) groups excluding carboxylic acids is 1. The van der Waals surface area contributed by atoms with E-state index in [1.54, 1.807) is 20.1 Å². The van der Waals surface area contributed by atoms with Crippen LogP contribution in [0.3, 0.4) is 0 Å². The van der Waals surface area contributed by atoms with Gasteiger partial charge < -0.3 is 52.8 Å². The van der Waals surface area contributed by atoms with Crippen LogP contribution in [-0.4, -0.2) is 122 Å². The Kier molecular flexibility index (Phi) is 13.4. The largest absolute Gasteiger partial charge is 0.462 e. The van der Waals surface area contributed by atoms with E-state index in [1.165, 1.54) is 0 Å². The second-order valence-corrected chi connectivity index (χ2v) is 17.6. The number of fused-ring (bicyclic) bond motifs is 2. The van der Waals surface area contributed by atoms with E-state index in [9.17, 15) is 15.0 Å². The molecule has 6 aliphatic heterocycles. The molecule has 12 nitrogen and oxygen atoms in total. The Bertz CT molecular complexity index is 1580. The van der Waals surface area contributed by atoms with E-state index >= 15 is 0 Å². The summed E-state index contributed by atoms with van der Waals surface area (Å²) in [6.07, 6.45) is 12.2. The van der Waals surface area contributed by atoms with Crippen LogP contribution in [0.1, 0.15) is 80.6 Å². The number of rotatable bonds is 6. The van der Waals surface area contributed by atoms with Crippen LogP contribution in [0.2, 0.25) is 0 Å². The fourth-order valence-electron chi connectivity index (χ4n) is 10.3. The van der Waals surface area contributed by atoms with Crippen molar-refractivity contribution in [3.63, 3.8) is 0 Å².